The Labute approximate surface area is 118 Å². The number of anilines is 1. The molecule has 0 spiro atoms. The van der Waals surface area contributed by atoms with Gasteiger partial charge in [0.05, 0.1) is 0 Å². The molecule has 1 amide bonds. The fourth-order valence-electron chi connectivity index (χ4n) is 2.00. The van der Waals surface area contributed by atoms with Gasteiger partial charge in [-0.25, -0.2) is 9.97 Å². The van der Waals surface area contributed by atoms with Crippen molar-refractivity contribution in [1.82, 2.24) is 9.97 Å². The van der Waals surface area contributed by atoms with E-state index in [9.17, 15) is 4.79 Å². The number of hydrogen-bond acceptors (Lipinski definition) is 4. The van der Waals surface area contributed by atoms with Crippen LogP contribution in [0.2, 0.25) is 0 Å². The standard InChI is InChI=1S/C15H17N3O2/c1-10-9-13(17-11(2)16-10)18-15(19)14(20-3)12-7-5-4-6-8-12/h4-9,14H,1-3H3,(H,16,17,18,19). The van der Waals surface area contributed by atoms with Gasteiger partial charge in [-0.3, -0.25) is 4.79 Å². The average Bonchev–Trinajstić information content (AvgIpc) is 2.39. The molecule has 1 N–H and O–H groups in total. The molecule has 0 aliphatic rings. The summed E-state index contributed by atoms with van der Waals surface area (Å²) in [6, 6.07) is 11.1. The number of hydrogen-bond donors (Lipinski definition) is 1. The maximum absolute atomic E-state index is 12.3. The molecule has 0 saturated carbocycles. The van der Waals surface area contributed by atoms with Crippen molar-refractivity contribution in [3.8, 4) is 0 Å². The van der Waals surface area contributed by atoms with E-state index >= 15 is 0 Å². The van der Waals surface area contributed by atoms with Crippen LogP contribution in [-0.4, -0.2) is 23.0 Å². The summed E-state index contributed by atoms with van der Waals surface area (Å²) in [6.07, 6.45) is -0.660. The first-order valence-corrected chi connectivity index (χ1v) is 6.31. The lowest BCUT2D eigenvalue weighted by atomic mass is 10.1. The smallest absolute Gasteiger partial charge is 0.259 e. The Morgan fingerprint density at radius 2 is 1.90 bits per heavy atom. The number of nitrogens with one attached hydrogen (secondary N) is 1. The number of aromatic nitrogens is 2. The van der Waals surface area contributed by atoms with Gasteiger partial charge < -0.3 is 10.1 Å². The van der Waals surface area contributed by atoms with Crippen molar-refractivity contribution in [2.75, 3.05) is 12.4 Å². The molecule has 20 heavy (non-hydrogen) atoms. The molecule has 0 aliphatic heterocycles. The van der Waals surface area contributed by atoms with E-state index in [1.54, 1.807) is 13.0 Å². The average molecular weight is 271 g/mol. The highest BCUT2D eigenvalue weighted by Gasteiger charge is 2.20. The van der Waals surface area contributed by atoms with Gasteiger partial charge in [0.2, 0.25) is 0 Å². The molecule has 2 aromatic rings. The zero-order valence-corrected chi connectivity index (χ0v) is 11.8. The Hall–Kier alpha value is -2.27. The largest absolute Gasteiger partial charge is 0.367 e. The predicted octanol–water partition coefficient (Wildman–Crippen LogP) is 2.42. The molecule has 0 radical (unpaired) electrons. The predicted molar refractivity (Wildman–Crippen MR) is 76.3 cm³/mol. The molecule has 1 unspecified atom stereocenters. The number of aryl methyl sites for hydroxylation is 2. The second-order valence-electron chi connectivity index (χ2n) is 4.46. The molecular formula is C15H17N3O2. The van der Waals surface area contributed by atoms with Crippen molar-refractivity contribution in [2.45, 2.75) is 20.0 Å². The van der Waals surface area contributed by atoms with Crippen LogP contribution in [0.25, 0.3) is 0 Å². The molecule has 0 saturated heterocycles. The lowest BCUT2D eigenvalue weighted by Gasteiger charge is -2.15. The topological polar surface area (TPSA) is 64.1 Å². The lowest BCUT2D eigenvalue weighted by molar-refractivity contribution is -0.126. The van der Waals surface area contributed by atoms with Gasteiger partial charge >= 0.3 is 0 Å². The monoisotopic (exact) mass is 271 g/mol. The summed E-state index contributed by atoms with van der Waals surface area (Å²) in [5.74, 6) is 0.850. The minimum Gasteiger partial charge on any atom is -0.367 e. The van der Waals surface area contributed by atoms with Crippen molar-refractivity contribution in [1.29, 1.82) is 0 Å². The van der Waals surface area contributed by atoms with Gasteiger partial charge in [0.15, 0.2) is 6.10 Å². The fraction of sp³-hybridized carbons (Fsp3) is 0.267. The normalized spacial score (nSPS) is 11.9. The molecule has 2 rings (SSSR count). The van der Waals surface area contributed by atoms with E-state index in [-0.39, 0.29) is 5.91 Å². The van der Waals surface area contributed by atoms with E-state index in [0.29, 0.717) is 11.6 Å². The van der Waals surface area contributed by atoms with Crippen LogP contribution in [-0.2, 0) is 9.53 Å². The second-order valence-corrected chi connectivity index (χ2v) is 4.46. The van der Waals surface area contributed by atoms with Gasteiger partial charge in [-0.05, 0) is 19.4 Å². The van der Waals surface area contributed by atoms with Crippen molar-refractivity contribution in [3.63, 3.8) is 0 Å². The Balaban J connectivity index is 2.18. The molecule has 0 bridgehead atoms. The maximum Gasteiger partial charge on any atom is 0.259 e. The number of rotatable bonds is 4. The summed E-state index contributed by atoms with van der Waals surface area (Å²) in [5, 5.41) is 2.76. The first-order chi connectivity index (χ1) is 9.60. The first-order valence-electron chi connectivity index (χ1n) is 6.31. The zero-order valence-electron chi connectivity index (χ0n) is 11.8. The molecular weight excluding hydrogens is 254 g/mol. The second kappa shape index (κ2) is 6.25. The number of amides is 1. The lowest BCUT2D eigenvalue weighted by Crippen LogP contribution is -2.23. The minimum atomic E-state index is -0.660. The van der Waals surface area contributed by atoms with Crippen molar-refractivity contribution < 1.29 is 9.53 Å². The Kier molecular flexibility index (Phi) is 4.42. The highest BCUT2D eigenvalue weighted by Crippen LogP contribution is 2.18. The van der Waals surface area contributed by atoms with Crippen LogP contribution in [0.5, 0.6) is 0 Å². The van der Waals surface area contributed by atoms with Gasteiger partial charge in [-0.1, -0.05) is 30.3 Å². The molecule has 1 aromatic carbocycles. The molecule has 0 aliphatic carbocycles. The summed E-state index contributed by atoms with van der Waals surface area (Å²) in [4.78, 5) is 20.6. The number of carbonyl (C=O) groups excluding carboxylic acids is 1. The molecule has 0 fully saturated rings. The number of carbonyl (C=O) groups is 1. The highest BCUT2D eigenvalue weighted by atomic mass is 16.5. The molecule has 1 heterocycles. The summed E-state index contributed by atoms with van der Waals surface area (Å²) < 4.78 is 5.28. The Bertz CT molecular complexity index is 579. The summed E-state index contributed by atoms with van der Waals surface area (Å²) in [7, 11) is 1.51. The van der Waals surface area contributed by atoms with Crippen molar-refractivity contribution in [3.05, 3.63) is 53.5 Å². The van der Waals surface area contributed by atoms with E-state index in [4.69, 9.17) is 4.74 Å². The Morgan fingerprint density at radius 3 is 2.50 bits per heavy atom. The molecule has 1 aromatic heterocycles. The van der Waals surface area contributed by atoms with E-state index in [0.717, 1.165) is 11.3 Å². The van der Waals surface area contributed by atoms with Crippen LogP contribution in [0.3, 0.4) is 0 Å². The van der Waals surface area contributed by atoms with E-state index < -0.39 is 6.10 Å². The zero-order chi connectivity index (χ0) is 14.5. The minimum absolute atomic E-state index is 0.254. The third-order valence-corrected chi connectivity index (χ3v) is 2.79. The van der Waals surface area contributed by atoms with Crippen molar-refractivity contribution >= 4 is 11.7 Å². The molecule has 104 valence electrons. The van der Waals surface area contributed by atoms with Gasteiger partial charge in [0.25, 0.3) is 5.91 Å². The SMILES string of the molecule is COC(C(=O)Nc1cc(C)nc(C)n1)c1ccccc1. The molecule has 5 heteroatoms. The fourth-order valence-corrected chi connectivity index (χ4v) is 2.00. The van der Waals surface area contributed by atoms with Gasteiger partial charge in [-0.15, -0.1) is 0 Å². The first kappa shape index (κ1) is 14.1. The van der Waals surface area contributed by atoms with Crippen LogP contribution in [0.1, 0.15) is 23.2 Å². The number of nitrogens with zero attached hydrogens (tertiary/aromatic N) is 2. The van der Waals surface area contributed by atoms with Gasteiger partial charge in [0.1, 0.15) is 11.6 Å². The van der Waals surface area contributed by atoms with E-state index in [1.807, 2.05) is 37.3 Å². The van der Waals surface area contributed by atoms with Crippen LogP contribution >= 0.6 is 0 Å². The highest BCUT2D eigenvalue weighted by molar-refractivity contribution is 5.94. The number of benzene rings is 1. The van der Waals surface area contributed by atoms with Crippen LogP contribution in [0, 0.1) is 13.8 Å². The van der Waals surface area contributed by atoms with E-state index in [2.05, 4.69) is 15.3 Å². The quantitative estimate of drug-likeness (QED) is 0.927. The third kappa shape index (κ3) is 3.39. The van der Waals surface area contributed by atoms with Crippen LogP contribution in [0.4, 0.5) is 5.82 Å². The summed E-state index contributed by atoms with van der Waals surface area (Å²) in [6.45, 7) is 3.64. The van der Waals surface area contributed by atoms with Crippen molar-refractivity contribution in [2.24, 2.45) is 0 Å². The van der Waals surface area contributed by atoms with E-state index in [1.165, 1.54) is 7.11 Å². The Morgan fingerprint density at radius 1 is 1.20 bits per heavy atom. The molecule has 1 atom stereocenters. The number of ether oxygens (including phenoxy) is 1. The summed E-state index contributed by atoms with van der Waals surface area (Å²) >= 11 is 0. The van der Waals surface area contributed by atoms with Crippen LogP contribution < -0.4 is 5.32 Å². The third-order valence-electron chi connectivity index (χ3n) is 2.79. The van der Waals surface area contributed by atoms with Gasteiger partial charge in [-0.2, -0.15) is 0 Å². The van der Waals surface area contributed by atoms with Gasteiger partial charge in [0, 0.05) is 18.9 Å². The maximum atomic E-state index is 12.3. The van der Waals surface area contributed by atoms with Crippen LogP contribution in [0.15, 0.2) is 36.4 Å². The summed E-state index contributed by atoms with van der Waals surface area (Å²) in [5.41, 5.74) is 1.61. The number of methoxy groups -OCH3 is 1. The molecule has 5 nitrogen and oxygen atoms in total.